The molecule has 3 rings (SSSR count). The van der Waals surface area contributed by atoms with E-state index in [-0.39, 0.29) is 0 Å². The molecule has 2 nitrogen and oxygen atoms in total. The number of hydrogen-bond acceptors (Lipinski definition) is 2. The molecular weight excluding hydrogens is 176 g/mol. The van der Waals surface area contributed by atoms with Gasteiger partial charge >= 0.3 is 0 Å². The highest BCUT2D eigenvalue weighted by Gasteiger charge is 2.64. The summed E-state index contributed by atoms with van der Waals surface area (Å²) < 4.78 is 11.9. The van der Waals surface area contributed by atoms with Crippen LogP contribution >= 0.6 is 0 Å². The van der Waals surface area contributed by atoms with E-state index in [0.717, 1.165) is 25.0 Å². The topological polar surface area (TPSA) is 18.5 Å². The second-order valence-corrected chi connectivity index (χ2v) is 5.66. The summed E-state index contributed by atoms with van der Waals surface area (Å²) in [5, 5.41) is 0. The molecule has 0 radical (unpaired) electrons. The van der Waals surface area contributed by atoms with E-state index in [9.17, 15) is 0 Å². The van der Waals surface area contributed by atoms with E-state index >= 15 is 0 Å². The van der Waals surface area contributed by atoms with Gasteiger partial charge in [0.15, 0.2) is 0 Å². The number of hydrogen-bond donors (Lipinski definition) is 0. The van der Waals surface area contributed by atoms with Crippen molar-refractivity contribution in [2.45, 2.75) is 39.4 Å². The van der Waals surface area contributed by atoms with E-state index in [1.165, 1.54) is 6.42 Å². The third-order valence-corrected chi connectivity index (χ3v) is 5.00. The lowest BCUT2D eigenvalue weighted by atomic mass is 9.52. The fraction of sp³-hybridized carbons (Fsp3) is 1.00. The minimum absolute atomic E-state index is 0.370. The molecule has 1 spiro atoms. The van der Waals surface area contributed by atoms with Gasteiger partial charge in [-0.15, -0.1) is 0 Å². The maximum atomic E-state index is 5.96. The van der Waals surface area contributed by atoms with Gasteiger partial charge in [0.25, 0.3) is 0 Å². The highest BCUT2D eigenvalue weighted by Crippen LogP contribution is 2.60. The highest BCUT2D eigenvalue weighted by atomic mass is 16.6. The van der Waals surface area contributed by atoms with Crippen LogP contribution in [0.25, 0.3) is 0 Å². The van der Waals surface area contributed by atoms with Gasteiger partial charge in [-0.05, 0) is 18.3 Å². The van der Waals surface area contributed by atoms with Gasteiger partial charge in [-0.1, -0.05) is 20.8 Å². The van der Waals surface area contributed by atoms with Crippen LogP contribution in [0.4, 0.5) is 0 Å². The predicted molar refractivity (Wildman–Crippen MR) is 54.0 cm³/mol. The van der Waals surface area contributed by atoms with Gasteiger partial charge in [0.1, 0.15) is 0 Å². The maximum Gasteiger partial charge on any atom is 0.0923 e. The minimum atomic E-state index is 0.370. The van der Waals surface area contributed by atoms with Crippen molar-refractivity contribution in [2.75, 3.05) is 13.2 Å². The van der Waals surface area contributed by atoms with Gasteiger partial charge in [-0.25, -0.2) is 0 Å². The molecule has 2 saturated heterocycles. The van der Waals surface area contributed by atoms with E-state index in [1.54, 1.807) is 0 Å². The number of fused-ring (bicyclic) bond motifs is 2. The molecule has 0 aromatic rings. The second kappa shape index (κ2) is 2.73. The quantitative estimate of drug-likeness (QED) is 0.590. The predicted octanol–water partition coefficient (Wildman–Crippen LogP) is 2.08. The van der Waals surface area contributed by atoms with Gasteiger partial charge < -0.3 is 9.47 Å². The molecule has 4 unspecified atom stereocenters. The molecule has 2 heteroatoms. The Morgan fingerprint density at radius 2 is 1.79 bits per heavy atom. The lowest BCUT2D eigenvalue weighted by molar-refractivity contribution is -0.117. The summed E-state index contributed by atoms with van der Waals surface area (Å²) in [6, 6.07) is 0. The van der Waals surface area contributed by atoms with Crippen LogP contribution in [0.15, 0.2) is 0 Å². The van der Waals surface area contributed by atoms with Crippen molar-refractivity contribution in [3.05, 3.63) is 0 Å². The molecule has 0 aromatic heterocycles. The third kappa shape index (κ3) is 0.849. The average molecular weight is 196 g/mol. The molecule has 3 aliphatic rings. The van der Waals surface area contributed by atoms with Crippen LogP contribution < -0.4 is 0 Å². The van der Waals surface area contributed by atoms with Crippen LogP contribution in [0.3, 0.4) is 0 Å². The van der Waals surface area contributed by atoms with Crippen molar-refractivity contribution in [3.8, 4) is 0 Å². The van der Waals surface area contributed by atoms with Gasteiger partial charge in [0, 0.05) is 11.3 Å². The molecule has 0 amide bonds. The minimum Gasteiger partial charge on any atom is -0.374 e. The number of ether oxygens (including phenoxy) is 2. The van der Waals surface area contributed by atoms with E-state index < -0.39 is 0 Å². The summed E-state index contributed by atoms with van der Waals surface area (Å²) in [5.41, 5.74) is 0.370. The van der Waals surface area contributed by atoms with Gasteiger partial charge in [-0.2, -0.15) is 0 Å². The first kappa shape index (κ1) is 9.17. The summed E-state index contributed by atoms with van der Waals surface area (Å²) in [6.07, 6.45) is 2.14. The summed E-state index contributed by atoms with van der Waals surface area (Å²) in [7, 11) is 0. The molecule has 0 N–H and O–H groups in total. The molecule has 2 aliphatic heterocycles. The third-order valence-electron chi connectivity index (χ3n) is 5.00. The Morgan fingerprint density at radius 3 is 2.43 bits per heavy atom. The van der Waals surface area contributed by atoms with Crippen LogP contribution in [-0.4, -0.2) is 25.4 Å². The first-order valence-corrected chi connectivity index (χ1v) is 5.89. The summed E-state index contributed by atoms with van der Waals surface area (Å²) in [4.78, 5) is 0. The summed E-state index contributed by atoms with van der Waals surface area (Å²) >= 11 is 0. The van der Waals surface area contributed by atoms with Crippen LogP contribution in [0.2, 0.25) is 0 Å². The first-order chi connectivity index (χ1) is 6.66. The molecule has 6 atom stereocenters. The molecule has 3 fully saturated rings. The Labute approximate surface area is 86.0 Å². The Hall–Kier alpha value is -0.0800. The van der Waals surface area contributed by atoms with Gasteiger partial charge in [-0.3, -0.25) is 0 Å². The smallest absolute Gasteiger partial charge is 0.0923 e. The van der Waals surface area contributed by atoms with Crippen molar-refractivity contribution in [1.29, 1.82) is 0 Å². The van der Waals surface area contributed by atoms with Crippen molar-refractivity contribution >= 4 is 0 Å². The molecule has 1 aliphatic carbocycles. The van der Waals surface area contributed by atoms with Crippen LogP contribution in [0.1, 0.15) is 27.2 Å². The molecule has 0 aromatic carbocycles. The number of rotatable bonds is 0. The molecule has 1 saturated carbocycles. The lowest BCUT2D eigenvalue weighted by Gasteiger charge is -2.53. The van der Waals surface area contributed by atoms with Crippen LogP contribution in [0.5, 0.6) is 0 Å². The fourth-order valence-electron chi connectivity index (χ4n) is 3.92. The monoisotopic (exact) mass is 196 g/mol. The molecule has 80 valence electrons. The average Bonchev–Trinajstić information content (AvgIpc) is 2.69. The maximum absolute atomic E-state index is 5.96. The van der Waals surface area contributed by atoms with Crippen molar-refractivity contribution in [3.63, 3.8) is 0 Å². The van der Waals surface area contributed by atoms with E-state index in [2.05, 4.69) is 20.8 Å². The largest absolute Gasteiger partial charge is 0.374 e. The van der Waals surface area contributed by atoms with E-state index in [1.807, 2.05) is 0 Å². The standard InChI is InChI=1S/C12H20O2/c1-7-5-13-11-10(7)14-6-12(11)8(2)4-9(12)3/h7-11H,4-6H2,1-3H3/t7-,8-,9?,10?,11?,12?/m0/s1. The highest BCUT2D eigenvalue weighted by molar-refractivity contribution is 5.11. The SMILES string of the molecule is CC1C[C@H](C)C12COC1C2OC[C@@H]1C. The molecular formula is C12H20O2. The molecule has 2 heterocycles. The van der Waals surface area contributed by atoms with E-state index in [4.69, 9.17) is 9.47 Å². The summed E-state index contributed by atoms with van der Waals surface area (Å²) in [5.74, 6) is 2.18. The zero-order valence-corrected chi connectivity index (χ0v) is 9.32. The zero-order valence-electron chi connectivity index (χ0n) is 9.32. The zero-order chi connectivity index (χ0) is 9.92. The van der Waals surface area contributed by atoms with Crippen LogP contribution in [0, 0.1) is 23.2 Å². The van der Waals surface area contributed by atoms with Crippen molar-refractivity contribution in [1.82, 2.24) is 0 Å². The Balaban J connectivity index is 1.89. The van der Waals surface area contributed by atoms with Crippen molar-refractivity contribution in [2.24, 2.45) is 23.2 Å². The Kier molecular flexibility index (Phi) is 1.79. The van der Waals surface area contributed by atoms with Crippen molar-refractivity contribution < 1.29 is 9.47 Å². The Morgan fingerprint density at radius 1 is 1.07 bits per heavy atom. The van der Waals surface area contributed by atoms with Gasteiger partial charge in [0.2, 0.25) is 0 Å². The van der Waals surface area contributed by atoms with Gasteiger partial charge in [0.05, 0.1) is 25.4 Å². The van der Waals surface area contributed by atoms with Crippen LogP contribution in [-0.2, 0) is 9.47 Å². The second-order valence-electron chi connectivity index (χ2n) is 5.66. The molecule has 0 bridgehead atoms. The molecule has 14 heavy (non-hydrogen) atoms. The Bertz CT molecular complexity index is 243. The fourth-order valence-corrected chi connectivity index (χ4v) is 3.92. The lowest BCUT2D eigenvalue weighted by Crippen LogP contribution is -2.55. The first-order valence-electron chi connectivity index (χ1n) is 5.89. The van der Waals surface area contributed by atoms with E-state index in [0.29, 0.717) is 23.5 Å². The normalized spacial score (nSPS) is 61.5. The summed E-state index contributed by atoms with van der Waals surface area (Å²) in [6.45, 7) is 8.80.